The lowest BCUT2D eigenvalue weighted by atomic mass is 10.0. The molecule has 19 heavy (non-hydrogen) atoms. The van der Waals surface area contributed by atoms with Crippen LogP contribution in [0, 0.1) is 0 Å². The summed E-state index contributed by atoms with van der Waals surface area (Å²) in [6.45, 7) is 0.150. The molecule has 0 fully saturated rings. The first kappa shape index (κ1) is 14.1. The van der Waals surface area contributed by atoms with Crippen LogP contribution in [0.15, 0.2) is 42.5 Å². The maximum atomic E-state index is 9.04. The van der Waals surface area contributed by atoms with Crippen LogP contribution in [0.25, 0.3) is 12.2 Å². The summed E-state index contributed by atoms with van der Waals surface area (Å²) >= 11 is 11.9. The Morgan fingerprint density at radius 3 is 2.47 bits per heavy atom. The van der Waals surface area contributed by atoms with E-state index in [1.807, 2.05) is 48.6 Å². The van der Waals surface area contributed by atoms with E-state index in [4.69, 9.17) is 28.3 Å². The van der Waals surface area contributed by atoms with Gasteiger partial charge in [0.15, 0.2) is 0 Å². The van der Waals surface area contributed by atoms with Gasteiger partial charge in [0.2, 0.25) is 0 Å². The van der Waals surface area contributed by atoms with Gasteiger partial charge in [0.1, 0.15) is 0 Å². The first-order chi connectivity index (χ1) is 9.20. The molecule has 0 atom stereocenters. The smallest absolute Gasteiger partial charge is 0.0598 e. The lowest BCUT2D eigenvalue weighted by molar-refractivity contribution is 0.299. The summed E-state index contributed by atoms with van der Waals surface area (Å²) in [5, 5.41) is 10.1. The fraction of sp³-hybridized carbons (Fsp3) is 0.125. The molecule has 0 aromatic heterocycles. The quantitative estimate of drug-likeness (QED) is 0.810. The molecule has 2 aromatic rings. The summed E-state index contributed by atoms with van der Waals surface area (Å²) < 4.78 is 0. The molecular formula is C16H14Cl2O. The largest absolute Gasteiger partial charge is 0.396 e. The third kappa shape index (κ3) is 3.84. The summed E-state index contributed by atoms with van der Waals surface area (Å²) in [5.74, 6) is 0. The molecule has 0 saturated carbocycles. The third-order valence-corrected chi connectivity index (χ3v) is 3.57. The Labute approximate surface area is 123 Å². The van der Waals surface area contributed by atoms with Crippen molar-refractivity contribution >= 4 is 35.4 Å². The van der Waals surface area contributed by atoms with E-state index >= 15 is 0 Å². The van der Waals surface area contributed by atoms with Gasteiger partial charge in [-0.1, -0.05) is 65.7 Å². The number of aliphatic hydroxyl groups excluding tert-OH is 1. The molecule has 0 aliphatic heterocycles. The topological polar surface area (TPSA) is 20.2 Å². The minimum Gasteiger partial charge on any atom is -0.396 e. The summed E-state index contributed by atoms with van der Waals surface area (Å²) in [7, 11) is 0. The number of hydrogen-bond donors (Lipinski definition) is 1. The van der Waals surface area contributed by atoms with Crippen molar-refractivity contribution in [3.63, 3.8) is 0 Å². The molecular weight excluding hydrogens is 279 g/mol. The minimum atomic E-state index is 0.150. The van der Waals surface area contributed by atoms with Gasteiger partial charge in [0.25, 0.3) is 0 Å². The van der Waals surface area contributed by atoms with Crippen molar-refractivity contribution in [3.05, 3.63) is 69.2 Å². The van der Waals surface area contributed by atoms with Gasteiger partial charge in [-0.25, -0.2) is 0 Å². The van der Waals surface area contributed by atoms with E-state index < -0.39 is 0 Å². The Morgan fingerprint density at radius 2 is 1.74 bits per heavy atom. The molecule has 2 aromatic carbocycles. The second-order valence-corrected chi connectivity index (χ2v) is 4.99. The van der Waals surface area contributed by atoms with Gasteiger partial charge in [0, 0.05) is 6.61 Å². The fourth-order valence-electron chi connectivity index (χ4n) is 1.85. The lowest BCUT2D eigenvalue weighted by Gasteiger charge is -2.04. The summed E-state index contributed by atoms with van der Waals surface area (Å²) in [6.07, 6.45) is 4.66. The molecule has 0 radical (unpaired) electrons. The van der Waals surface area contributed by atoms with E-state index in [0.717, 1.165) is 16.7 Å². The predicted octanol–water partition coefficient (Wildman–Crippen LogP) is 4.70. The highest BCUT2D eigenvalue weighted by Crippen LogP contribution is 2.23. The van der Waals surface area contributed by atoms with Gasteiger partial charge in [-0.3, -0.25) is 0 Å². The molecule has 98 valence electrons. The number of benzene rings is 2. The van der Waals surface area contributed by atoms with Crippen LogP contribution in [0.1, 0.15) is 16.7 Å². The van der Waals surface area contributed by atoms with Gasteiger partial charge in [-0.15, -0.1) is 0 Å². The van der Waals surface area contributed by atoms with Crippen molar-refractivity contribution in [2.45, 2.75) is 6.42 Å². The Hall–Kier alpha value is -1.28. The van der Waals surface area contributed by atoms with Crippen molar-refractivity contribution in [3.8, 4) is 0 Å². The van der Waals surface area contributed by atoms with Gasteiger partial charge in [-0.05, 0) is 35.2 Å². The first-order valence-electron chi connectivity index (χ1n) is 6.02. The Bertz CT molecular complexity index is 591. The molecule has 0 aliphatic rings. The molecule has 0 aliphatic carbocycles. The molecule has 0 amide bonds. The molecule has 0 bridgehead atoms. The highest BCUT2D eigenvalue weighted by Gasteiger charge is 1.99. The number of halogens is 2. The van der Waals surface area contributed by atoms with Gasteiger partial charge in [0.05, 0.1) is 10.0 Å². The lowest BCUT2D eigenvalue weighted by Crippen LogP contribution is -1.93. The molecule has 0 heterocycles. The predicted molar refractivity (Wildman–Crippen MR) is 82.6 cm³/mol. The zero-order valence-corrected chi connectivity index (χ0v) is 11.8. The average Bonchev–Trinajstić information content (AvgIpc) is 2.42. The van der Waals surface area contributed by atoms with E-state index in [9.17, 15) is 0 Å². The molecule has 0 spiro atoms. The van der Waals surface area contributed by atoms with Crippen molar-refractivity contribution in [2.24, 2.45) is 0 Å². The Morgan fingerprint density at radius 1 is 0.947 bits per heavy atom. The normalized spacial score (nSPS) is 11.1. The van der Waals surface area contributed by atoms with Crippen molar-refractivity contribution < 1.29 is 5.11 Å². The minimum absolute atomic E-state index is 0.150. The second-order valence-electron chi connectivity index (χ2n) is 4.18. The van der Waals surface area contributed by atoms with E-state index in [2.05, 4.69) is 0 Å². The Kier molecular flexibility index (Phi) is 5.03. The van der Waals surface area contributed by atoms with Crippen LogP contribution in [0.4, 0.5) is 0 Å². The van der Waals surface area contributed by atoms with Crippen LogP contribution in [0.3, 0.4) is 0 Å². The van der Waals surface area contributed by atoms with E-state index in [-0.39, 0.29) is 6.61 Å². The zero-order chi connectivity index (χ0) is 13.7. The molecule has 2 rings (SSSR count). The van der Waals surface area contributed by atoms with Crippen LogP contribution in [-0.4, -0.2) is 11.7 Å². The number of rotatable bonds is 4. The van der Waals surface area contributed by atoms with E-state index in [0.29, 0.717) is 16.5 Å². The maximum absolute atomic E-state index is 9.04. The van der Waals surface area contributed by atoms with E-state index in [1.54, 1.807) is 6.07 Å². The maximum Gasteiger partial charge on any atom is 0.0598 e. The molecule has 1 nitrogen and oxygen atoms in total. The molecule has 0 unspecified atom stereocenters. The van der Waals surface area contributed by atoms with Gasteiger partial charge < -0.3 is 5.11 Å². The fourth-order valence-corrected chi connectivity index (χ4v) is 2.15. The first-order valence-corrected chi connectivity index (χ1v) is 6.78. The van der Waals surface area contributed by atoms with Gasteiger partial charge >= 0.3 is 0 Å². The highest BCUT2D eigenvalue weighted by atomic mass is 35.5. The number of aliphatic hydroxyl groups is 1. The van der Waals surface area contributed by atoms with Crippen LogP contribution >= 0.6 is 23.2 Å². The van der Waals surface area contributed by atoms with Crippen LogP contribution in [-0.2, 0) is 6.42 Å². The molecule has 1 N–H and O–H groups in total. The van der Waals surface area contributed by atoms with Crippen molar-refractivity contribution in [1.82, 2.24) is 0 Å². The zero-order valence-electron chi connectivity index (χ0n) is 10.3. The van der Waals surface area contributed by atoms with E-state index in [1.165, 1.54) is 0 Å². The van der Waals surface area contributed by atoms with Crippen LogP contribution in [0.2, 0.25) is 10.0 Å². The average molecular weight is 293 g/mol. The number of hydrogen-bond acceptors (Lipinski definition) is 1. The molecule has 3 heteroatoms. The summed E-state index contributed by atoms with van der Waals surface area (Å²) in [5.41, 5.74) is 3.22. The third-order valence-electron chi connectivity index (χ3n) is 2.84. The van der Waals surface area contributed by atoms with Crippen LogP contribution < -0.4 is 0 Å². The summed E-state index contributed by atoms with van der Waals surface area (Å²) in [6, 6.07) is 13.5. The Balaban J connectivity index is 2.24. The summed E-state index contributed by atoms with van der Waals surface area (Å²) in [4.78, 5) is 0. The van der Waals surface area contributed by atoms with Crippen LogP contribution in [0.5, 0.6) is 0 Å². The second kappa shape index (κ2) is 6.76. The van der Waals surface area contributed by atoms with Crippen molar-refractivity contribution in [1.29, 1.82) is 0 Å². The SMILES string of the molecule is OCCc1ccccc1C=Cc1ccc(Cl)c(Cl)c1. The molecule has 0 saturated heterocycles. The standard InChI is InChI=1S/C16H14Cl2O/c17-15-8-6-12(11-16(15)18)5-7-13-3-1-2-4-14(13)9-10-19/h1-8,11,19H,9-10H2. The monoisotopic (exact) mass is 292 g/mol. The highest BCUT2D eigenvalue weighted by molar-refractivity contribution is 6.42. The van der Waals surface area contributed by atoms with Crippen molar-refractivity contribution in [2.75, 3.05) is 6.61 Å². The van der Waals surface area contributed by atoms with Gasteiger partial charge in [-0.2, -0.15) is 0 Å².